The molecule has 0 spiro atoms. The molecule has 1 aliphatic rings. The molecule has 0 aliphatic carbocycles. The summed E-state index contributed by atoms with van der Waals surface area (Å²) >= 11 is 0. The Balaban J connectivity index is 1.26. The summed E-state index contributed by atoms with van der Waals surface area (Å²) in [6.07, 6.45) is 3.33. The Labute approximate surface area is 151 Å². The van der Waals surface area contributed by atoms with Gasteiger partial charge in [-0.05, 0) is 28.8 Å². The number of nitrogens with one attached hydrogen (secondary N) is 2. The van der Waals surface area contributed by atoms with E-state index in [1.807, 2.05) is 42.5 Å². The summed E-state index contributed by atoms with van der Waals surface area (Å²) in [5.74, 6) is 0. The average Bonchev–Trinajstić information content (AvgIpc) is 3.35. The maximum absolute atomic E-state index is 12.0. The number of carbonyl (C=O) groups excluding carboxylic acids is 1. The summed E-state index contributed by atoms with van der Waals surface area (Å²) in [4.78, 5) is 12.0. The summed E-state index contributed by atoms with van der Waals surface area (Å²) in [6, 6.07) is 15.7. The van der Waals surface area contributed by atoms with Crippen LogP contribution in [-0.4, -0.2) is 27.6 Å². The van der Waals surface area contributed by atoms with E-state index in [4.69, 9.17) is 4.74 Å². The molecule has 2 heterocycles. The molecule has 0 saturated heterocycles. The van der Waals surface area contributed by atoms with Gasteiger partial charge in [0.15, 0.2) is 0 Å². The zero-order chi connectivity index (χ0) is 17.8. The number of hydrogen-bond donors (Lipinski definition) is 2. The minimum Gasteiger partial charge on any atom is -0.367 e. The van der Waals surface area contributed by atoms with Gasteiger partial charge in [0.2, 0.25) is 0 Å². The first-order valence-electron chi connectivity index (χ1n) is 8.46. The molecular formula is C19H19N5O2. The van der Waals surface area contributed by atoms with Crippen LogP contribution in [0.5, 0.6) is 0 Å². The van der Waals surface area contributed by atoms with E-state index in [-0.39, 0.29) is 12.1 Å². The van der Waals surface area contributed by atoms with Gasteiger partial charge < -0.3 is 15.4 Å². The molecule has 1 unspecified atom stereocenters. The second-order valence-corrected chi connectivity index (χ2v) is 6.08. The number of rotatable bonds is 5. The molecule has 26 heavy (non-hydrogen) atoms. The van der Waals surface area contributed by atoms with Gasteiger partial charge in [-0.25, -0.2) is 9.48 Å². The molecule has 2 N–H and O–H groups in total. The molecule has 7 heteroatoms. The lowest BCUT2D eigenvalue weighted by molar-refractivity contribution is 0.0675. The van der Waals surface area contributed by atoms with Crippen LogP contribution in [0.25, 0.3) is 5.69 Å². The second-order valence-electron chi connectivity index (χ2n) is 6.08. The van der Waals surface area contributed by atoms with E-state index in [0.717, 1.165) is 16.8 Å². The van der Waals surface area contributed by atoms with Gasteiger partial charge in [-0.3, -0.25) is 0 Å². The third-order valence-electron chi connectivity index (χ3n) is 4.37. The Kier molecular flexibility index (Phi) is 4.61. The monoisotopic (exact) mass is 349 g/mol. The van der Waals surface area contributed by atoms with Crippen LogP contribution in [-0.2, 0) is 17.9 Å². The number of benzene rings is 2. The minimum absolute atomic E-state index is 0.0843. The number of fused-ring (bicyclic) bond motifs is 1. The molecule has 2 aromatic carbocycles. The van der Waals surface area contributed by atoms with Crippen molar-refractivity contribution in [3.8, 4) is 5.69 Å². The number of amides is 2. The van der Waals surface area contributed by atoms with Crippen LogP contribution in [0.2, 0.25) is 0 Å². The standard InChI is InChI=1S/C19H19N5O2/c25-19(21-12-18-17-4-2-1-3-15(17)13-26-18)20-11-14-5-7-16(8-6-14)24-10-9-22-23-24/h1-10,18H,11-13H2,(H2,20,21,25). The largest absolute Gasteiger partial charge is 0.367 e. The van der Waals surface area contributed by atoms with Crippen LogP contribution >= 0.6 is 0 Å². The number of carbonyl (C=O) groups is 1. The Bertz CT molecular complexity index is 877. The Morgan fingerprint density at radius 3 is 2.81 bits per heavy atom. The maximum Gasteiger partial charge on any atom is 0.315 e. The van der Waals surface area contributed by atoms with Gasteiger partial charge in [-0.15, -0.1) is 5.10 Å². The minimum atomic E-state index is -0.210. The second kappa shape index (κ2) is 7.37. The fraction of sp³-hybridized carbons (Fsp3) is 0.211. The van der Waals surface area contributed by atoms with Crippen molar-refractivity contribution in [2.24, 2.45) is 0 Å². The molecule has 2 amide bonds. The summed E-state index contributed by atoms with van der Waals surface area (Å²) in [5.41, 5.74) is 4.27. The average molecular weight is 349 g/mol. The molecule has 1 aromatic heterocycles. The number of hydrogen-bond acceptors (Lipinski definition) is 4. The first-order chi connectivity index (χ1) is 12.8. The third-order valence-corrected chi connectivity index (χ3v) is 4.37. The summed E-state index contributed by atoms with van der Waals surface area (Å²) < 4.78 is 7.41. The molecule has 0 fully saturated rings. The first kappa shape index (κ1) is 16.3. The first-order valence-corrected chi connectivity index (χ1v) is 8.46. The van der Waals surface area contributed by atoms with Gasteiger partial charge in [0, 0.05) is 13.1 Å². The number of ether oxygens (including phenoxy) is 1. The van der Waals surface area contributed by atoms with Crippen LogP contribution in [0.4, 0.5) is 4.79 Å². The highest BCUT2D eigenvalue weighted by molar-refractivity contribution is 5.73. The Hall–Kier alpha value is -3.19. The quantitative estimate of drug-likeness (QED) is 0.741. The van der Waals surface area contributed by atoms with Crippen molar-refractivity contribution in [3.63, 3.8) is 0 Å². The molecular weight excluding hydrogens is 330 g/mol. The Morgan fingerprint density at radius 2 is 2.00 bits per heavy atom. The third kappa shape index (κ3) is 3.57. The van der Waals surface area contributed by atoms with E-state index in [0.29, 0.717) is 19.7 Å². The van der Waals surface area contributed by atoms with Crippen LogP contribution in [0.3, 0.4) is 0 Å². The van der Waals surface area contributed by atoms with Gasteiger partial charge in [-0.2, -0.15) is 0 Å². The SMILES string of the molecule is O=C(NCc1ccc(-n2ccnn2)cc1)NCC1OCc2ccccc21. The highest BCUT2D eigenvalue weighted by Crippen LogP contribution is 2.29. The van der Waals surface area contributed by atoms with E-state index in [9.17, 15) is 4.79 Å². The topological polar surface area (TPSA) is 81.1 Å². The molecule has 0 radical (unpaired) electrons. The van der Waals surface area contributed by atoms with Gasteiger partial charge in [0.25, 0.3) is 0 Å². The lowest BCUT2D eigenvalue weighted by Gasteiger charge is -2.13. The summed E-state index contributed by atoms with van der Waals surface area (Å²) in [7, 11) is 0. The van der Waals surface area contributed by atoms with E-state index in [1.54, 1.807) is 17.1 Å². The summed E-state index contributed by atoms with van der Waals surface area (Å²) in [6.45, 7) is 1.50. The fourth-order valence-electron chi connectivity index (χ4n) is 2.97. The maximum atomic E-state index is 12.0. The zero-order valence-electron chi connectivity index (χ0n) is 14.1. The van der Waals surface area contributed by atoms with Crippen LogP contribution in [0.1, 0.15) is 22.8 Å². The zero-order valence-corrected chi connectivity index (χ0v) is 14.1. The highest BCUT2D eigenvalue weighted by Gasteiger charge is 2.22. The Morgan fingerprint density at radius 1 is 1.15 bits per heavy atom. The molecule has 132 valence electrons. The molecule has 1 atom stereocenters. The lowest BCUT2D eigenvalue weighted by Crippen LogP contribution is -2.37. The van der Waals surface area contributed by atoms with Crippen molar-refractivity contribution in [2.75, 3.05) is 6.54 Å². The van der Waals surface area contributed by atoms with E-state index >= 15 is 0 Å². The molecule has 0 saturated carbocycles. The van der Waals surface area contributed by atoms with Crippen LogP contribution < -0.4 is 10.6 Å². The molecule has 7 nitrogen and oxygen atoms in total. The van der Waals surface area contributed by atoms with Gasteiger partial charge in [0.05, 0.1) is 24.7 Å². The fourth-order valence-corrected chi connectivity index (χ4v) is 2.97. The lowest BCUT2D eigenvalue weighted by atomic mass is 10.1. The van der Waals surface area contributed by atoms with Crippen molar-refractivity contribution in [3.05, 3.63) is 77.6 Å². The van der Waals surface area contributed by atoms with E-state index in [2.05, 4.69) is 27.0 Å². The van der Waals surface area contributed by atoms with Crippen molar-refractivity contribution in [1.29, 1.82) is 0 Å². The van der Waals surface area contributed by atoms with Gasteiger partial charge in [0.1, 0.15) is 6.10 Å². The number of aromatic nitrogens is 3. The summed E-state index contributed by atoms with van der Waals surface area (Å²) in [5, 5.41) is 13.5. The van der Waals surface area contributed by atoms with Crippen LogP contribution in [0.15, 0.2) is 60.9 Å². The molecule has 3 aromatic rings. The van der Waals surface area contributed by atoms with Gasteiger partial charge >= 0.3 is 6.03 Å². The van der Waals surface area contributed by atoms with E-state index < -0.39 is 0 Å². The molecule has 4 rings (SSSR count). The number of urea groups is 1. The van der Waals surface area contributed by atoms with Crippen LogP contribution in [0, 0.1) is 0 Å². The van der Waals surface area contributed by atoms with Crippen molar-refractivity contribution >= 4 is 6.03 Å². The molecule has 0 bridgehead atoms. The van der Waals surface area contributed by atoms with Gasteiger partial charge in [-0.1, -0.05) is 41.6 Å². The molecule has 1 aliphatic heterocycles. The smallest absolute Gasteiger partial charge is 0.315 e. The number of nitrogens with zero attached hydrogens (tertiary/aromatic N) is 3. The van der Waals surface area contributed by atoms with Crippen molar-refractivity contribution in [1.82, 2.24) is 25.6 Å². The van der Waals surface area contributed by atoms with E-state index in [1.165, 1.54) is 5.56 Å². The normalized spacial score (nSPS) is 15.5. The predicted molar refractivity (Wildman–Crippen MR) is 95.6 cm³/mol. The predicted octanol–water partition coefficient (Wildman–Crippen LogP) is 2.34. The van der Waals surface area contributed by atoms with Crippen molar-refractivity contribution < 1.29 is 9.53 Å². The van der Waals surface area contributed by atoms with Crippen molar-refractivity contribution in [2.45, 2.75) is 19.3 Å². The highest BCUT2D eigenvalue weighted by atomic mass is 16.5.